The van der Waals surface area contributed by atoms with Gasteiger partial charge in [0.15, 0.2) is 5.67 Å². The number of rotatable bonds is 10. The second-order valence-electron chi connectivity index (χ2n) is 8.80. The second kappa shape index (κ2) is 10.9. The molecule has 1 aromatic heterocycles. The van der Waals surface area contributed by atoms with Gasteiger partial charge < -0.3 is 19.7 Å². The van der Waals surface area contributed by atoms with Gasteiger partial charge in [-0.05, 0) is 54.7 Å². The van der Waals surface area contributed by atoms with Crippen molar-refractivity contribution < 1.29 is 23.0 Å². The number of nitrogens with one attached hydrogen (secondary N) is 1. The van der Waals surface area contributed by atoms with Gasteiger partial charge in [0.1, 0.15) is 5.82 Å². The van der Waals surface area contributed by atoms with Crippen molar-refractivity contribution in [3.8, 4) is 6.01 Å². The molecule has 2 aromatic carbocycles. The summed E-state index contributed by atoms with van der Waals surface area (Å²) in [6.07, 6.45) is 4.25. The van der Waals surface area contributed by atoms with E-state index in [1.54, 1.807) is 12.4 Å². The molecule has 0 aliphatic carbocycles. The van der Waals surface area contributed by atoms with Crippen LogP contribution in [0.4, 0.5) is 25.8 Å². The number of aromatic nitrogens is 2. The van der Waals surface area contributed by atoms with Gasteiger partial charge >= 0.3 is 12.0 Å². The maximum Gasteiger partial charge on any atom is 0.316 e. The zero-order chi connectivity index (χ0) is 25.7. The molecule has 0 saturated carbocycles. The Morgan fingerprint density at radius 3 is 2.44 bits per heavy atom. The Labute approximate surface area is 209 Å². The van der Waals surface area contributed by atoms with E-state index in [1.165, 1.54) is 31.4 Å². The highest BCUT2D eigenvalue weighted by Crippen LogP contribution is 2.43. The lowest BCUT2D eigenvalue weighted by Gasteiger charge is -2.47. The number of nitrogens with zero attached hydrogens (tertiary/aromatic N) is 3. The molecule has 9 heteroatoms. The maximum absolute atomic E-state index is 15.6. The number of carbonyl (C=O) groups excluding carboxylic acids is 1. The van der Waals surface area contributed by atoms with E-state index in [0.717, 1.165) is 23.4 Å². The standard InChI is InChI=1S/C27H30F2N4O3/c1-4-18(13-25(34)35-3)19-6-11-24(23(12-19)32-22-14-30-26(31-15-22)36-5-2)33-16-27(29,17-33)20-7-9-21(28)10-8-20/h6-12,14-15,18,32H,4-5,13,16-17H2,1-3H3. The highest BCUT2D eigenvalue weighted by atomic mass is 19.1. The zero-order valence-electron chi connectivity index (χ0n) is 20.6. The van der Waals surface area contributed by atoms with Crippen LogP contribution in [-0.2, 0) is 15.2 Å². The van der Waals surface area contributed by atoms with E-state index in [2.05, 4.69) is 15.3 Å². The molecule has 1 N–H and O–H groups in total. The SMILES string of the molecule is CCOc1ncc(Nc2cc(C(CC)CC(=O)OC)ccc2N2CC(F)(c3ccc(F)cc3)C2)cn1. The third kappa shape index (κ3) is 5.56. The highest BCUT2D eigenvalue weighted by Gasteiger charge is 2.45. The smallest absolute Gasteiger partial charge is 0.316 e. The first-order chi connectivity index (χ1) is 17.3. The van der Waals surface area contributed by atoms with E-state index in [4.69, 9.17) is 9.47 Å². The number of benzene rings is 2. The molecule has 36 heavy (non-hydrogen) atoms. The number of ether oxygens (including phenoxy) is 2. The van der Waals surface area contributed by atoms with Crippen molar-refractivity contribution in [3.63, 3.8) is 0 Å². The lowest BCUT2D eigenvalue weighted by molar-refractivity contribution is -0.141. The van der Waals surface area contributed by atoms with Gasteiger partial charge in [-0.3, -0.25) is 4.79 Å². The predicted octanol–water partition coefficient (Wildman–Crippen LogP) is 5.50. The third-order valence-corrected chi connectivity index (χ3v) is 6.39. The van der Waals surface area contributed by atoms with Crippen LogP contribution in [0.2, 0.25) is 0 Å². The fraction of sp³-hybridized carbons (Fsp3) is 0.370. The van der Waals surface area contributed by atoms with Crippen LogP contribution in [0.25, 0.3) is 0 Å². The van der Waals surface area contributed by atoms with E-state index in [1.807, 2.05) is 36.9 Å². The minimum atomic E-state index is -1.57. The molecule has 2 heterocycles. The number of hydrogen-bond acceptors (Lipinski definition) is 7. The van der Waals surface area contributed by atoms with Crippen LogP contribution in [0, 0.1) is 5.82 Å². The molecule has 4 rings (SSSR count). The Morgan fingerprint density at radius 2 is 1.83 bits per heavy atom. The fourth-order valence-electron chi connectivity index (χ4n) is 4.37. The molecule has 1 aliphatic rings. The molecule has 1 atom stereocenters. The number of halogens is 2. The van der Waals surface area contributed by atoms with Gasteiger partial charge in [0.25, 0.3) is 0 Å². The van der Waals surface area contributed by atoms with Crippen LogP contribution < -0.4 is 15.0 Å². The Bertz CT molecular complexity index is 1180. The molecule has 3 aromatic rings. The number of alkyl halides is 1. The molecular formula is C27H30F2N4O3. The molecule has 1 aliphatic heterocycles. The molecule has 0 amide bonds. The van der Waals surface area contributed by atoms with Crippen LogP contribution in [0.1, 0.15) is 43.7 Å². The second-order valence-corrected chi connectivity index (χ2v) is 8.80. The summed E-state index contributed by atoms with van der Waals surface area (Å²) < 4.78 is 39.1. The zero-order valence-corrected chi connectivity index (χ0v) is 20.6. The summed E-state index contributed by atoms with van der Waals surface area (Å²) in [7, 11) is 1.38. The van der Waals surface area contributed by atoms with Crippen LogP contribution >= 0.6 is 0 Å². The topological polar surface area (TPSA) is 76.6 Å². The Morgan fingerprint density at radius 1 is 1.14 bits per heavy atom. The Kier molecular flexibility index (Phi) is 7.67. The largest absolute Gasteiger partial charge is 0.469 e. The molecule has 1 fully saturated rings. The van der Waals surface area contributed by atoms with Crippen molar-refractivity contribution in [2.45, 2.75) is 38.3 Å². The molecular weight excluding hydrogens is 466 g/mol. The fourth-order valence-corrected chi connectivity index (χ4v) is 4.37. The van der Waals surface area contributed by atoms with Gasteiger partial charge in [-0.1, -0.05) is 25.1 Å². The van der Waals surface area contributed by atoms with Gasteiger partial charge in [0.2, 0.25) is 0 Å². The quantitative estimate of drug-likeness (QED) is 0.372. The first-order valence-electron chi connectivity index (χ1n) is 12.0. The number of anilines is 3. The first kappa shape index (κ1) is 25.3. The van der Waals surface area contributed by atoms with E-state index in [0.29, 0.717) is 17.9 Å². The highest BCUT2D eigenvalue weighted by molar-refractivity contribution is 5.78. The van der Waals surface area contributed by atoms with Crippen LogP contribution in [0.5, 0.6) is 6.01 Å². The average molecular weight is 497 g/mol. The van der Waals surface area contributed by atoms with Gasteiger partial charge in [0, 0.05) is 0 Å². The number of methoxy groups -OCH3 is 1. The normalized spacial score (nSPS) is 15.1. The molecule has 0 spiro atoms. The molecule has 1 saturated heterocycles. The van der Waals surface area contributed by atoms with Crippen molar-refractivity contribution >= 4 is 23.0 Å². The van der Waals surface area contributed by atoms with E-state index in [-0.39, 0.29) is 37.4 Å². The number of carbonyl (C=O) groups is 1. The summed E-state index contributed by atoms with van der Waals surface area (Å²) in [5, 5.41) is 3.34. The predicted molar refractivity (Wildman–Crippen MR) is 134 cm³/mol. The summed E-state index contributed by atoms with van der Waals surface area (Å²) in [5.41, 5.74) is 2.04. The van der Waals surface area contributed by atoms with Gasteiger partial charge in [0.05, 0.1) is 62.7 Å². The van der Waals surface area contributed by atoms with Gasteiger partial charge in [-0.2, -0.15) is 0 Å². The van der Waals surface area contributed by atoms with E-state index in [9.17, 15) is 9.18 Å². The van der Waals surface area contributed by atoms with E-state index >= 15 is 4.39 Å². The van der Waals surface area contributed by atoms with Gasteiger partial charge in [-0.25, -0.2) is 18.7 Å². The first-order valence-corrected chi connectivity index (χ1v) is 12.0. The van der Waals surface area contributed by atoms with Crippen LogP contribution in [0.3, 0.4) is 0 Å². The molecule has 0 bridgehead atoms. The summed E-state index contributed by atoms with van der Waals surface area (Å²) in [5.74, 6) is -0.695. The molecule has 190 valence electrons. The lowest BCUT2D eigenvalue weighted by Crippen LogP contribution is -2.57. The molecule has 0 radical (unpaired) electrons. The minimum Gasteiger partial charge on any atom is -0.469 e. The van der Waals surface area contributed by atoms with Crippen LogP contribution in [0.15, 0.2) is 54.9 Å². The Balaban J connectivity index is 1.61. The lowest BCUT2D eigenvalue weighted by atomic mass is 9.86. The summed E-state index contributed by atoms with van der Waals surface area (Å²) in [6, 6.07) is 11.7. The van der Waals surface area contributed by atoms with E-state index < -0.39 is 11.5 Å². The average Bonchev–Trinajstić information content (AvgIpc) is 2.87. The summed E-state index contributed by atoms with van der Waals surface area (Å²) >= 11 is 0. The van der Waals surface area contributed by atoms with Crippen LogP contribution in [-0.4, -0.2) is 42.7 Å². The third-order valence-electron chi connectivity index (χ3n) is 6.39. The van der Waals surface area contributed by atoms with Crippen molar-refractivity contribution in [2.24, 2.45) is 0 Å². The molecule has 1 unspecified atom stereocenters. The van der Waals surface area contributed by atoms with Crippen molar-refractivity contribution in [2.75, 3.05) is 37.0 Å². The molecule has 7 nitrogen and oxygen atoms in total. The van der Waals surface area contributed by atoms with Crippen molar-refractivity contribution in [1.82, 2.24) is 9.97 Å². The maximum atomic E-state index is 15.6. The number of hydrogen-bond donors (Lipinski definition) is 1. The Hall–Kier alpha value is -3.75. The minimum absolute atomic E-state index is 0.0282. The van der Waals surface area contributed by atoms with Crippen molar-refractivity contribution in [3.05, 3.63) is 71.8 Å². The van der Waals surface area contributed by atoms with Gasteiger partial charge in [-0.15, -0.1) is 0 Å². The monoisotopic (exact) mass is 496 g/mol. The number of esters is 1. The van der Waals surface area contributed by atoms with Crippen molar-refractivity contribution in [1.29, 1.82) is 0 Å². The summed E-state index contributed by atoms with van der Waals surface area (Å²) in [6.45, 7) is 4.60. The summed E-state index contributed by atoms with van der Waals surface area (Å²) in [4.78, 5) is 22.3.